The number of carbonyl (C=O) groups is 2. The van der Waals surface area contributed by atoms with E-state index in [1.54, 1.807) is 6.08 Å². The zero-order valence-corrected chi connectivity index (χ0v) is 17.4. The summed E-state index contributed by atoms with van der Waals surface area (Å²) >= 11 is 0. The minimum atomic E-state index is -0.752. The molecule has 3 aromatic rings. The van der Waals surface area contributed by atoms with Crippen LogP contribution in [0.2, 0.25) is 0 Å². The van der Waals surface area contributed by atoms with Crippen molar-refractivity contribution in [3.63, 3.8) is 0 Å². The minimum absolute atomic E-state index is 0.362. The lowest BCUT2D eigenvalue weighted by Crippen LogP contribution is -2.42. The number of benzene rings is 3. The lowest BCUT2D eigenvalue weighted by Gasteiger charge is -2.15. The van der Waals surface area contributed by atoms with Crippen LogP contribution in [-0.4, -0.2) is 25.0 Å². The quantitative estimate of drug-likeness (QED) is 0.421. The van der Waals surface area contributed by atoms with Crippen LogP contribution in [0.3, 0.4) is 0 Å². The van der Waals surface area contributed by atoms with Crippen molar-refractivity contribution < 1.29 is 19.1 Å². The van der Waals surface area contributed by atoms with E-state index >= 15 is 0 Å². The van der Waals surface area contributed by atoms with Gasteiger partial charge in [-0.2, -0.15) is 0 Å². The van der Waals surface area contributed by atoms with Gasteiger partial charge in [-0.25, -0.2) is 4.79 Å². The summed E-state index contributed by atoms with van der Waals surface area (Å²) in [5.74, 6) is -0.0969. The molecule has 0 saturated heterocycles. The van der Waals surface area contributed by atoms with E-state index in [9.17, 15) is 9.59 Å². The van der Waals surface area contributed by atoms with Crippen LogP contribution >= 0.6 is 0 Å². The molecule has 31 heavy (non-hydrogen) atoms. The summed E-state index contributed by atoms with van der Waals surface area (Å²) in [5.41, 5.74) is 2.88. The van der Waals surface area contributed by atoms with Crippen molar-refractivity contribution in [3.8, 4) is 5.75 Å². The summed E-state index contributed by atoms with van der Waals surface area (Å²) < 4.78 is 10.6. The minimum Gasteiger partial charge on any atom is -0.489 e. The molecule has 0 radical (unpaired) electrons. The fourth-order valence-corrected chi connectivity index (χ4v) is 2.99. The number of nitrogens with one attached hydrogen (secondary N) is 1. The lowest BCUT2D eigenvalue weighted by molar-refractivity contribution is -0.144. The summed E-state index contributed by atoms with van der Waals surface area (Å²) in [6.07, 6.45) is 3.45. The normalized spacial score (nSPS) is 11.6. The van der Waals surface area contributed by atoms with Crippen LogP contribution in [0.15, 0.2) is 91.0 Å². The standard InChI is InChI=1S/C26H25NO4/c1-30-26(29)24(18-21-8-4-2-5-9-21)27-25(28)17-14-20-12-15-23(16-13-20)31-19-22-10-6-3-7-11-22/h2-17,24H,18-19H2,1H3,(H,27,28)/b17-14+. The second-order valence-corrected chi connectivity index (χ2v) is 6.95. The monoisotopic (exact) mass is 415 g/mol. The fraction of sp³-hybridized carbons (Fsp3) is 0.154. The number of amides is 1. The number of methoxy groups -OCH3 is 1. The molecule has 5 nitrogen and oxygen atoms in total. The third-order valence-electron chi connectivity index (χ3n) is 4.64. The van der Waals surface area contributed by atoms with Crippen LogP contribution < -0.4 is 10.1 Å². The Bertz CT molecular complexity index is 999. The molecular weight excluding hydrogens is 390 g/mol. The predicted molar refractivity (Wildman–Crippen MR) is 120 cm³/mol. The van der Waals surface area contributed by atoms with Crippen LogP contribution in [0.1, 0.15) is 16.7 Å². The predicted octanol–water partition coefficient (Wildman–Crippen LogP) is 4.18. The highest BCUT2D eigenvalue weighted by atomic mass is 16.5. The van der Waals surface area contributed by atoms with E-state index in [4.69, 9.17) is 9.47 Å². The van der Waals surface area contributed by atoms with Crippen molar-refractivity contribution >= 4 is 18.0 Å². The average molecular weight is 415 g/mol. The lowest BCUT2D eigenvalue weighted by atomic mass is 10.1. The van der Waals surface area contributed by atoms with Crippen LogP contribution in [-0.2, 0) is 27.4 Å². The Morgan fingerprint density at radius 3 is 2.10 bits per heavy atom. The Morgan fingerprint density at radius 1 is 0.871 bits per heavy atom. The molecule has 0 spiro atoms. The Morgan fingerprint density at radius 2 is 1.48 bits per heavy atom. The van der Waals surface area contributed by atoms with E-state index in [1.807, 2.05) is 84.9 Å². The SMILES string of the molecule is COC(=O)C(Cc1ccccc1)NC(=O)/C=C/c1ccc(OCc2ccccc2)cc1. The summed E-state index contributed by atoms with van der Waals surface area (Å²) in [4.78, 5) is 24.4. The topological polar surface area (TPSA) is 64.6 Å². The van der Waals surface area contributed by atoms with E-state index in [-0.39, 0.29) is 5.91 Å². The van der Waals surface area contributed by atoms with Crippen molar-refractivity contribution in [1.82, 2.24) is 5.32 Å². The van der Waals surface area contributed by atoms with Gasteiger partial charge in [0, 0.05) is 12.5 Å². The third-order valence-corrected chi connectivity index (χ3v) is 4.64. The number of esters is 1. The van der Waals surface area contributed by atoms with Gasteiger partial charge in [-0.1, -0.05) is 72.8 Å². The zero-order chi connectivity index (χ0) is 21.9. The number of hydrogen-bond donors (Lipinski definition) is 1. The van der Waals surface area contributed by atoms with Crippen molar-refractivity contribution in [3.05, 3.63) is 108 Å². The van der Waals surface area contributed by atoms with E-state index < -0.39 is 12.0 Å². The van der Waals surface area contributed by atoms with Crippen molar-refractivity contribution in [2.45, 2.75) is 19.1 Å². The van der Waals surface area contributed by atoms with E-state index in [2.05, 4.69) is 5.32 Å². The fourth-order valence-electron chi connectivity index (χ4n) is 2.99. The zero-order valence-electron chi connectivity index (χ0n) is 17.4. The molecule has 0 saturated carbocycles. The van der Waals surface area contributed by atoms with Gasteiger partial charge < -0.3 is 14.8 Å². The van der Waals surface area contributed by atoms with Crippen LogP contribution in [0.25, 0.3) is 6.08 Å². The molecule has 0 aromatic heterocycles. The largest absolute Gasteiger partial charge is 0.489 e. The van der Waals surface area contributed by atoms with E-state index in [0.29, 0.717) is 13.0 Å². The van der Waals surface area contributed by atoms with Crippen molar-refractivity contribution in [1.29, 1.82) is 0 Å². The Kier molecular flexibility index (Phi) is 8.00. The summed E-state index contributed by atoms with van der Waals surface area (Å²) in [7, 11) is 1.31. The number of carbonyl (C=O) groups excluding carboxylic acids is 2. The smallest absolute Gasteiger partial charge is 0.328 e. The van der Waals surface area contributed by atoms with E-state index in [1.165, 1.54) is 13.2 Å². The molecule has 0 fully saturated rings. The van der Waals surface area contributed by atoms with Crippen molar-refractivity contribution in [2.24, 2.45) is 0 Å². The maximum Gasteiger partial charge on any atom is 0.328 e. The third kappa shape index (κ3) is 7.16. The first-order chi connectivity index (χ1) is 15.1. The molecule has 0 aliphatic heterocycles. The Balaban J connectivity index is 1.54. The van der Waals surface area contributed by atoms with E-state index in [0.717, 1.165) is 22.4 Å². The Hall–Kier alpha value is -3.86. The van der Waals surface area contributed by atoms with Gasteiger partial charge in [0.25, 0.3) is 0 Å². The van der Waals surface area contributed by atoms with Gasteiger partial charge in [0.2, 0.25) is 5.91 Å². The molecule has 1 amide bonds. The van der Waals surface area contributed by atoms with Crippen LogP contribution in [0.5, 0.6) is 5.75 Å². The maximum atomic E-state index is 12.3. The highest BCUT2D eigenvalue weighted by Gasteiger charge is 2.20. The molecule has 3 aromatic carbocycles. The van der Waals surface area contributed by atoms with Gasteiger partial charge in [-0.3, -0.25) is 4.79 Å². The van der Waals surface area contributed by atoms with Gasteiger partial charge in [-0.05, 0) is 34.9 Å². The van der Waals surface area contributed by atoms with Gasteiger partial charge >= 0.3 is 5.97 Å². The molecule has 158 valence electrons. The molecule has 3 rings (SSSR count). The van der Waals surface area contributed by atoms with Gasteiger partial charge in [0.1, 0.15) is 18.4 Å². The molecule has 1 N–H and O–H groups in total. The number of rotatable bonds is 9. The highest BCUT2D eigenvalue weighted by molar-refractivity contribution is 5.94. The van der Waals surface area contributed by atoms with Crippen LogP contribution in [0.4, 0.5) is 0 Å². The van der Waals surface area contributed by atoms with Crippen molar-refractivity contribution in [2.75, 3.05) is 7.11 Å². The molecule has 0 heterocycles. The summed E-state index contributed by atoms with van der Waals surface area (Å²) in [5, 5.41) is 2.71. The molecule has 0 bridgehead atoms. The highest BCUT2D eigenvalue weighted by Crippen LogP contribution is 2.15. The Labute approximate surface area is 182 Å². The second kappa shape index (κ2) is 11.4. The number of hydrogen-bond acceptors (Lipinski definition) is 4. The first-order valence-electron chi connectivity index (χ1n) is 10.0. The molecule has 5 heteroatoms. The first-order valence-corrected chi connectivity index (χ1v) is 10.0. The summed E-state index contributed by atoms with van der Waals surface area (Å²) in [6.45, 7) is 0.495. The van der Waals surface area contributed by atoms with Gasteiger partial charge in [0.05, 0.1) is 7.11 Å². The molecule has 1 unspecified atom stereocenters. The molecule has 0 aliphatic rings. The molecule has 0 aliphatic carbocycles. The van der Waals surface area contributed by atoms with Crippen LogP contribution in [0, 0.1) is 0 Å². The molecule has 1 atom stereocenters. The average Bonchev–Trinajstić information content (AvgIpc) is 2.82. The summed E-state index contributed by atoms with van der Waals surface area (Å²) in [6, 6.07) is 26.1. The van der Waals surface area contributed by atoms with Gasteiger partial charge in [-0.15, -0.1) is 0 Å². The maximum absolute atomic E-state index is 12.3. The van der Waals surface area contributed by atoms with Gasteiger partial charge in [0.15, 0.2) is 0 Å². The molecular formula is C26H25NO4. The second-order valence-electron chi connectivity index (χ2n) is 6.95. The first kappa shape index (κ1) is 21.8. The number of ether oxygens (including phenoxy) is 2.